The maximum atomic E-state index is 9.98. The second-order valence-corrected chi connectivity index (χ2v) is 4.60. The molecule has 3 heteroatoms. The van der Waals surface area contributed by atoms with Crippen LogP contribution < -0.4 is 0 Å². The van der Waals surface area contributed by atoms with Gasteiger partial charge in [0.1, 0.15) is 0 Å². The third-order valence-corrected chi connectivity index (χ3v) is 2.86. The lowest BCUT2D eigenvalue weighted by Crippen LogP contribution is -2.22. The molecule has 0 heterocycles. The third kappa shape index (κ3) is 4.52. The fourth-order valence-electron chi connectivity index (χ4n) is 1.72. The van der Waals surface area contributed by atoms with Gasteiger partial charge in [0.05, 0.1) is 6.10 Å². The first-order valence-electron chi connectivity index (χ1n) is 5.75. The highest BCUT2D eigenvalue weighted by Gasteiger charge is 2.08. The van der Waals surface area contributed by atoms with Gasteiger partial charge >= 0.3 is 0 Å². The van der Waals surface area contributed by atoms with Crippen LogP contribution in [0.5, 0.6) is 0 Å². The number of hydrogen-bond donors (Lipinski definition) is 1. The molecular formula is C13H20ClNO. The van der Waals surface area contributed by atoms with E-state index in [2.05, 4.69) is 18.9 Å². The van der Waals surface area contributed by atoms with E-state index in [4.69, 9.17) is 11.6 Å². The molecule has 0 radical (unpaired) electrons. The first-order valence-corrected chi connectivity index (χ1v) is 6.13. The Morgan fingerprint density at radius 2 is 2.12 bits per heavy atom. The summed E-state index contributed by atoms with van der Waals surface area (Å²) in [6.07, 6.45) is 1.47. The fourth-order valence-corrected chi connectivity index (χ4v) is 1.92. The largest absolute Gasteiger partial charge is 0.388 e. The molecule has 1 unspecified atom stereocenters. The Morgan fingerprint density at radius 3 is 2.75 bits per heavy atom. The number of hydrogen-bond acceptors (Lipinski definition) is 2. The van der Waals surface area contributed by atoms with Gasteiger partial charge in [0.15, 0.2) is 0 Å². The van der Waals surface area contributed by atoms with Gasteiger partial charge in [-0.15, -0.1) is 0 Å². The lowest BCUT2D eigenvalue weighted by Gasteiger charge is -2.18. The van der Waals surface area contributed by atoms with Crippen molar-refractivity contribution in [3.63, 3.8) is 0 Å². The van der Waals surface area contributed by atoms with Gasteiger partial charge in [-0.05, 0) is 44.1 Å². The zero-order valence-electron chi connectivity index (χ0n) is 9.99. The fraction of sp³-hybridized carbons (Fsp3) is 0.538. The normalized spacial score (nSPS) is 13.1. The molecule has 1 atom stereocenters. The Morgan fingerprint density at radius 1 is 1.38 bits per heavy atom. The van der Waals surface area contributed by atoms with Crippen LogP contribution in [0, 0.1) is 0 Å². The van der Waals surface area contributed by atoms with Crippen LogP contribution in [0.4, 0.5) is 0 Å². The molecule has 0 aliphatic heterocycles. The van der Waals surface area contributed by atoms with E-state index >= 15 is 0 Å². The Hall–Kier alpha value is -0.570. The predicted molar refractivity (Wildman–Crippen MR) is 68.8 cm³/mol. The highest BCUT2D eigenvalue weighted by Crippen LogP contribution is 2.20. The second kappa shape index (κ2) is 6.89. The monoisotopic (exact) mass is 241 g/mol. The Balaban J connectivity index is 2.43. The Labute approximate surface area is 103 Å². The lowest BCUT2D eigenvalue weighted by atomic mass is 10.1. The summed E-state index contributed by atoms with van der Waals surface area (Å²) in [6, 6.07) is 7.43. The maximum Gasteiger partial charge on any atom is 0.0802 e. The van der Waals surface area contributed by atoms with E-state index < -0.39 is 6.10 Å². The zero-order valence-corrected chi connectivity index (χ0v) is 10.7. The van der Waals surface area contributed by atoms with Crippen molar-refractivity contribution >= 4 is 11.6 Å². The number of nitrogens with zero attached hydrogens (tertiary/aromatic N) is 1. The van der Waals surface area contributed by atoms with Crippen molar-refractivity contribution in [2.45, 2.75) is 25.9 Å². The summed E-state index contributed by atoms with van der Waals surface area (Å²) in [5, 5.41) is 10.7. The van der Waals surface area contributed by atoms with Crippen LogP contribution >= 0.6 is 11.6 Å². The quantitative estimate of drug-likeness (QED) is 0.827. The number of halogens is 1. The average molecular weight is 242 g/mol. The Bertz CT molecular complexity index is 317. The van der Waals surface area contributed by atoms with Gasteiger partial charge in [-0.1, -0.05) is 30.7 Å². The minimum atomic E-state index is -0.419. The first-order chi connectivity index (χ1) is 7.63. The Kier molecular flexibility index (Phi) is 5.81. The molecule has 0 bridgehead atoms. The van der Waals surface area contributed by atoms with E-state index in [1.165, 1.54) is 0 Å². The highest BCUT2D eigenvalue weighted by atomic mass is 35.5. The number of rotatable bonds is 6. The van der Waals surface area contributed by atoms with Gasteiger partial charge in [0.2, 0.25) is 0 Å². The van der Waals surface area contributed by atoms with Crippen molar-refractivity contribution in [2.75, 3.05) is 20.1 Å². The van der Waals surface area contributed by atoms with Crippen LogP contribution in [0.1, 0.15) is 31.4 Å². The molecule has 1 aromatic carbocycles. The topological polar surface area (TPSA) is 23.5 Å². The molecular weight excluding hydrogens is 222 g/mol. The molecule has 0 saturated heterocycles. The van der Waals surface area contributed by atoms with Gasteiger partial charge in [-0.2, -0.15) is 0 Å². The van der Waals surface area contributed by atoms with Gasteiger partial charge in [0.25, 0.3) is 0 Å². The van der Waals surface area contributed by atoms with Gasteiger partial charge in [0, 0.05) is 11.6 Å². The summed E-state index contributed by atoms with van der Waals surface area (Å²) in [4.78, 5) is 2.23. The smallest absolute Gasteiger partial charge is 0.0802 e. The van der Waals surface area contributed by atoms with Crippen LogP contribution in [0.2, 0.25) is 5.02 Å². The van der Waals surface area contributed by atoms with E-state index in [0.717, 1.165) is 31.5 Å². The van der Waals surface area contributed by atoms with Gasteiger partial charge in [-0.25, -0.2) is 0 Å². The minimum absolute atomic E-state index is 0.419. The second-order valence-electron chi connectivity index (χ2n) is 4.16. The molecule has 1 rings (SSSR count). The predicted octanol–water partition coefficient (Wildman–Crippen LogP) is 3.11. The summed E-state index contributed by atoms with van der Waals surface area (Å²) < 4.78 is 0. The van der Waals surface area contributed by atoms with E-state index in [1.807, 2.05) is 24.3 Å². The van der Waals surface area contributed by atoms with Crippen LogP contribution in [0.15, 0.2) is 24.3 Å². The number of benzene rings is 1. The molecule has 1 N–H and O–H groups in total. The van der Waals surface area contributed by atoms with E-state index in [1.54, 1.807) is 0 Å². The molecule has 0 aliphatic rings. The van der Waals surface area contributed by atoms with Gasteiger partial charge in [-0.3, -0.25) is 0 Å². The van der Waals surface area contributed by atoms with Crippen LogP contribution in [-0.4, -0.2) is 30.1 Å². The first kappa shape index (κ1) is 13.5. The molecule has 0 spiro atoms. The molecule has 0 fully saturated rings. The molecule has 0 aromatic heterocycles. The van der Waals surface area contributed by atoms with Crippen molar-refractivity contribution in [1.82, 2.24) is 4.90 Å². The molecule has 1 aromatic rings. The zero-order chi connectivity index (χ0) is 12.0. The van der Waals surface area contributed by atoms with Crippen LogP contribution in [-0.2, 0) is 0 Å². The number of aliphatic hydroxyl groups is 1. The standard InChI is InChI=1S/C13H20ClNO/c1-3-8-15(2)9-7-13(16)11-5-4-6-12(14)10-11/h4-6,10,13,16H,3,7-9H2,1-2H3. The maximum absolute atomic E-state index is 9.98. The van der Waals surface area contributed by atoms with Crippen molar-refractivity contribution < 1.29 is 5.11 Å². The molecule has 0 amide bonds. The number of aliphatic hydroxyl groups excluding tert-OH is 1. The minimum Gasteiger partial charge on any atom is -0.388 e. The van der Waals surface area contributed by atoms with E-state index in [-0.39, 0.29) is 0 Å². The summed E-state index contributed by atoms with van der Waals surface area (Å²) in [5.41, 5.74) is 0.900. The summed E-state index contributed by atoms with van der Waals surface area (Å²) in [7, 11) is 2.08. The van der Waals surface area contributed by atoms with E-state index in [9.17, 15) is 5.11 Å². The summed E-state index contributed by atoms with van der Waals surface area (Å²) in [6.45, 7) is 4.13. The van der Waals surface area contributed by atoms with Gasteiger partial charge < -0.3 is 10.0 Å². The van der Waals surface area contributed by atoms with Crippen LogP contribution in [0.3, 0.4) is 0 Å². The highest BCUT2D eigenvalue weighted by molar-refractivity contribution is 6.30. The SMILES string of the molecule is CCCN(C)CCC(O)c1cccc(Cl)c1. The molecule has 2 nitrogen and oxygen atoms in total. The lowest BCUT2D eigenvalue weighted by molar-refractivity contribution is 0.149. The van der Waals surface area contributed by atoms with Crippen molar-refractivity contribution in [2.24, 2.45) is 0 Å². The summed E-state index contributed by atoms with van der Waals surface area (Å²) >= 11 is 5.88. The van der Waals surface area contributed by atoms with Crippen LogP contribution in [0.25, 0.3) is 0 Å². The summed E-state index contributed by atoms with van der Waals surface area (Å²) in [5.74, 6) is 0. The van der Waals surface area contributed by atoms with Crippen molar-refractivity contribution in [3.8, 4) is 0 Å². The van der Waals surface area contributed by atoms with E-state index in [0.29, 0.717) is 5.02 Å². The average Bonchev–Trinajstić information content (AvgIpc) is 2.26. The molecule has 90 valence electrons. The van der Waals surface area contributed by atoms with Crippen molar-refractivity contribution in [1.29, 1.82) is 0 Å². The molecule has 0 aliphatic carbocycles. The third-order valence-electron chi connectivity index (χ3n) is 2.62. The molecule has 0 saturated carbocycles. The molecule has 16 heavy (non-hydrogen) atoms. The van der Waals surface area contributed by atoms with Crippen molar-refractivity contribution in [3.05, 3.63) is 34.9 Å².